The average Bonchev–Trinajstić information content (AvgIpc) is 3.48. The first-order chi connectivity index (χ1) is 14.5. The lowest BCUT2D eigenvalue weighted by Gasteiger charge is -2.21. The SMILES string of the molecule is COc1nn(-c2ccccc2)c(NC(=O)N[C@@H]2c3ccccc3C3(CC3)[C@H]2O)c1C. The molecule has 1 heterocycles. The number of nitrogens with one attached hydrogen (secondary N) is 2. The van der Waals surface area contributed by atoms with Gasteiger partial charge in [0, 0.05) is 5.41 Å². The summed E-state index contributed by atoms with van der Waals surface area (Å²) in [6, 6.07) is 16.7. The molecule has 0 unspecified atom stereocenters. The highest BCUT2D eigenvalue weighted by Gasteiger charge is 2.59. The number of fused-ring (bicyclic) bond motifs is 2. The summed E-state index contributed by atoms with van der Waals surface area (Å²) in [5, 5.41) is 21.3. The summed E-state index contributed by atoms with van der Waals surface area (Å²) < 4.78 is 7.01. The van der Waals surface area contributed by atoms with Gasteiger partial charge < -0.3 is 15.2 Å². The molecule has 2 aromatic carbocycles. The number of para-hydroxylation sites is 1. The highest BCUT2D eigenvalue weighted by molar-refractivity contribution is 5.90. The first kappa shape index (κ1) is 18.7. The van der Waals surface area contributed by atoms with Gasteiger partial charge in [-0.3, -0.25) is 5.32 Å². The third kappa shape index (κ3) is 2.77. The van der Waals surface area contributed by atoms with Crippen molar-refractivity contribution in [1.29, 1.82) is 0 Å². The van der Waals surface area contributed by atoms with Gasteiger partial charge in [0.25, 0.3) is 0 Å². The monoisotopic (exact) mass is 404 g/mol. The number of methoxy groups -OCH3 is 1. The van der Waals surface area contributed by atoms with E-state index in [1.807, 2.05) is 55.5 Å². The number of carbonyl (C=O) groups excluding carboxylic acids is 1. The molecule has 3 aromatic rings. The van der Waals surface area contributed by atoms with Crippen molar-refractivity contribution in [2.75, 3.05) is 12.4 Å². The quantitative estimate of drug-likeness (QED) is 0.621. The zero-order valence-corrected chi connectivity index (χ0v) is 16.9. The van der Waals surface area contributed by atoms with Crippen molar-refractivity contribution in [1.82, 2.24) is 15.1 Å². The summed E-state index contributed by atoms with van der Waals surface area (Å²) in [4.78, 5) is 13.0. The molecule has 1 aromatic heterocycles. The molecule has 0 saturated heterocycles. The Balaban J connectivity index is 1.43. The largest absolute Gasteiger partial charge is 0.480 e. The third-order valence-corrected chi connectivity index (χ3v) is 6.29. The van der Waals surface area contributed by atoms with Crippen LogP contribution in [0.15, 0.2) is 54.6 Å². The van der Waals surface area contributed by atoms with E-state index in [9.17, 15) is 9.90 Å². The highest BCUT2D eigenvalue weighted by Crippen LogP contribution is 2.59. The second kappa shape index (κ2) is 6.88. The van der Waals surface area contributed by atoms with Crippen molar-refractivity contribution in [2.24, 2.45) is 0 Å². The van der Waals surface area contributed by atoms with Crippen LogP contribution in [-0.4, -0.2) is 34.1 Å². The van der Waals surface area contributed by atoms with E-state index >= 15 is 0 Å². The van der Waals surface area contributed by atoms with E-state index in [0.717, 1.165) is 35.2 Å². The Morgan fingerprint density at radius 1 is 1.17 bits per heavy atom. The number of nitrogens with zero attached hydrogens (tertiary/aromatic N) is 2. The van der Waals surface area contributed by atoms with Crippen LogP contribution < -0.4 is 15.4 Å². The maximum Gasteiger partial charge on any atom is 0.320 e. The number of benzene rings is 2. The molecule has 154 valence electrons. The number of aromatic nitrogens is 2. The summed E-state index contributed by atoms with van der Waals surface area (Å²) in [5.41, 5.74) is 3.46. The first-order valence-corrected chi connectivity index (χ1v) is 10.1. The van der Waals surface area contributed by atoms with E-state index in [1.165, 1.54) is 0 Å². The predicted molar refractivity (Wildman–Crippen MR) is 113 cm³/mol. The number of amides is 2. The molecule has 1 spiro atoms. The molecule has 2 aliphatic carbocycles. The number of hydrogen-bond acceptors (Lipinski definition) is 4. The van der Waals surface area contributed by atoms with Crippen molar-refractivity contribution in [2.45, 2.75) is 37.3 Å². The summed E-state index contributed by atoms with van der Waals surface area (Å²) in [6.45, 7) is 1.85. The van der Waals surface area contributed by atoms with Gasteiger partial charge >= 0.3 is 6.03 Å². The zero-order chi connectivity index (χ0) is 20.9. The molecule has 3 N–H and O–H groups in total. The number of hydrogen-bond donors (Lipinski definition) is 3. The van der Waals surface area contributed by atoms with E-state index in [1.54, 1.807) is 11.8 Å². The van der Waals surface area contributed by atoms with Crippen LogP contribution in [0.1, 0.15) is 35.6 Å². The molecular formula is C23H24N4O3. The van der Waals surface area contributed by atoms with Crippen molar-refractivity contribution in [3.63, 3.8) is 0 Å². The van der Waals surface area contributed by atoms with Gasteiger partial charge in [-0.1, -0.05) is 42.5 Å². The van der Waals surface area contributed by atoms with Crippen LogP contribution in [0.2, 0.25) is 0 Å². The van der Waals surface area contributed by atoms with Crippen LogP contribution in [0, 0.1) is 6.92 Å². The van der Waals surface area contributed by atoms with Gasteiger partial charge in [-0.05, 0) is 43.0 Å². The topological polar surface area (TPSA) is 88.4 Å². The Morgan fingerprint density at radius 3 is 2.57 bits per heavy atom. The van der Waals surface area contributed by atoms with E-state index < -0.39 is 18.2 Å². The van der Waals surface area contributed by atoms with Crippen LogP contribution in [-0.2, 0) is 5.41 Å². The zero-order valence-electron chi connectivity index (χ0n) is 16.9. The van der Waals surface area contributed by atoms with Gasteiger partial charge in [0.2, 0.25) is 5.88 Å². The molecule has 0 aliphatic heterocycles. The fourth-order valence-electron chi connectivity index (χ4n) is 4.58. The van der Waals surface area contributed by atoms with Gasteiger partial charge in [-0.25, -0.2) is 9.48 Å². The van der Waals surface area contributed by atoms with E-state index in [-0.39, 0.29) is 5.41 Å². The predicted octanol–water partition coefficient (Wildman–Crippen LogP) is 3.46. The molecule has 0 bridgehead atoms. The van der Waals surface area contributed by atoms with E-state index in [2.05, 4.69) is 21.8 Å². The van der Waals surface area contributed by atoms with Gasteiger partial charge in [-0.2, -0.15) is 0 Å². The first-order valence-electron chi connectivity index (χ1n) is 10.1. The maximum absolute atomic E-state index is 13.0. The van der Waals surface area contributed by atoms with Crippen molar-refractivity contribution < 1.29 is 14.6 Å². The van der Waals surface area contributed by atoms with Crippen molar-refractivity contribution in [3.05, 3.63) is 71.3 Å². The maximum atomic E-state index is 13.0. The molecule has 7 nitrogen and oxygen atoms in total. The molecule has 30 heavy (non-hydrogen) atoms. The minimum Gasteiger partial charge on any atom is -0.480 e. The van der Waals surface area contributed by atoms with Gasteiger partial charge in [0.05, 0.1) is 30.5 Å². The molecule has 1 fully saturated rings. The van der Waals surface area contributed by atoms with E-state index in [4.69, 9.17) is 4.74 Å². The second-order valence-corrected chi connectivity index (χ2v) is 7.99. The number of aliphatic hydroxyl groups excluding tert-OH is 1. The number of ether oxygens (including phenoxy) is 1. The molecule has 2 atom stereocenters. The van der Waals surface area contributed by atoms with Gasteiger partial charge in [-0.15, -0.1) is 5.10 Å². The van der Waals surface area contributed by atoms with Crippen LogP contribution in [0.3, 0.4) is 0 Å². The molecule has 1 saturated carbocycles. The molecule has 2 amide bonds. The van der Waals surface area contributed by atoms with Crippen molar-refractivity contribution in [3.8, 4) is 11.6 Å². The molecular weight excluding hydrogens is 380 g/mol. The number of urea groups is 1. The number of aliphatic hydroxyl groups is 1. The highest BCUT2D eigenvalue weighted by atomic mass is 16.5. The van der Waals surface area contributed by atoms with Gasteiger partial charge in [0.15, 0.2) is 0 Å². The van der Waals surface area contributed by atoms with Crippen molar-refractivity contribution >= 4 is 11.8 Å². The summed E-state index contributed by atoms with van der Waals surface area (Å²) in [5.74, 6) is 0.967. The summed E-state index contributed by atoms with van der Waals surface area (Å²) >= 11 is 0. The standard InChI is InChI=1S/C23H24N4O3/c1-14-20(27(26-21(14)30-2)15-8-4-3-5-9-15)25-22(29)24-18-16-10-6-7-11-17(16)23(12-13-23)19(18)28/h3-11,18-19,28H,12-13H2,1-2H3,(H2,24,25,29)/t18-,19+/m1/s1. The minimum absolute atomic E-state index is 0.209. The Bertz CT molecular complexity index is 1100. The third-order valence-electron chi connectivity index (χ3n) is 6.29. The lowest BCUT2D eigenvalue weighted by molar-refractivity contribution is 0.109. The lowest BCUT2D eigenvalue weighted by atomic mass is 9.97. The van der Waals surface area contributed by atoms with E-state index in [0.29, 0.717) is 11.7 Å². The fourth-order valence-corrected chi connectivity index (χ4v) is 4.58. The normalized spacial score (nSPS) is 20.6. The molecule has 0 radical (unpaired) electrons. The van der Waals surface area contributed by atoms with Gasteiger partial charge in [0.1, 0.15) is 5.82 Å². The Labute approximate surface area is 174 Å². The lowest BCUT2D eigenvalue weighted by Crippen LogP contribution is -2.39. The number of rotatable bonds is 4. The minimum atomic E-state index is -0.629. The molecule has 5 rings (SSSR count). The second-order valence-electron chi connectivity index (χ2n) is 7.99. The number of carbonyl (C=O) groups is 1. The smallest absolute Gasteiger partial charge is 0.320 e. The number of anilines is 1. The van der Waals surface area contributed by atoms with Crippen LogP contribution in [0.5, 0.6) is 5.88 Å². The van der Waals surface area contributed by atoms with Crippen LogP contribution >= 0.6 is 0 Å². The van der Waals surface area contributed by atoms with Crippen LogP contribution in [0.25, 0.3) is 5.69 Å². The Hall–Kier alpha value is -3.32. The molecule has 7 heteroatoms. The average molecular weight is 404 g/mol. The Kier molecular flexibility index (Phi) is 4.29. The fraction of sp³-hybridized carbons (Fsp3) is 0.304. The van der Waals surface area contributed by atoms with Crippen LogP contribution in [0.4, 0.5) is 10.6 Å². The Morgan fingerprint density at radius 2 is 1.87 bits per heavy atom. The molecule has 2 aliphatic rings. The summed E-state index contributed by atoms with van der Waals surface area (Å²) in [6.07, 6.45) is 1.26. The summed E-state index contributed by atoms with van der Waals surface area (Å²) in [7, 11) is 1.55.